The van der Waals surface area contributed by atoms with Gasteiger partial charge in [-0.2, -0.15) is 0 Å². The number of hydrogen-bond acceptors (Lipinski definition) is 1. The Morgan fingerprint density at radius 3 is 2.32 bits per heavy atom. The Hall–Kier alpha value is -1.11. The lowest BCUT2D eigenvalue weighted by atomic mass is 9.76. The first kappa shape index (κ1) is 17.2. The summed E-state index contributed by atoms with van der Waals surface area (Å²) in [6, 6.07) is 8.88. The third-order valence-corrected chi connectivity index (χ3v) is 5.16. The molecule has 2 rings (SSSR count). The van der Waals surface area contributed by atoms with Crippen LogP contribution in [0.4, 0.5) is 0 Å². The van der Waals surface area contributed by atoms with Gasteiger partial charge in [-0.1, -0.05) is 70.2 Å². The highest BCUT2D eigenvalue weighted by Crippen LogP contribution is 2.35. The van der Waals surface area contributed by atoms with E-state index in [0.29, 0.717) is 11.7 Å². The van der Waals surface area contributed by atoms with Gasteiger partial charge >= 0.3 is 0 Å². The van der Waals surface area contributed by atoms with E-state index in [4.69, 9.17) is 0 Å². The molecule has 0 unspecified atom stereocenters. The molecule has 0 N–H and O–H groups in total. The van der Waals surface area contributed by atoms with Gasteiger partial charge in [0.25, 0.3) is 0 Å². The predicted octanol–water partition coefficient (Wildman–Crippen LogP) is 6.06. The molecule has 0 bridgehead atoms. The number of unbranched alkanes of at least 4 members (excludes halogenated alkanes) is 3. The lowest BCUT2D eigenvalue weighted by Gasteiger charge is -2.27. The molecule has 0 heterocycles. The molecule has 0 amide bonds. The highest BCUT2D eigenvalue weighted by atomic mass is 16.1. The van der Waals surface area contributed by atoms with Crippen LogP contribution in [-0.4, -0.2) is 5.78 Å². The molecule has 1 aromatic rings. The maximum atomic E-state index is 12.5. The summed E-state index contributed by atoms with van der Waals surface area (Å²) in [4.78, 5) is 12.5. The first-order valence-electron chi connectivity index (χ1n) is 9.36. The topological polar surface area (TPSA) is 17.1 Å². The second-order valence-electron chi connectivity index (χ2n) is 7.01. The van der Waals surface area contributed by atoms with E-state index in [1.54, 1.807) is 0 Å². The molecular formula is C21H32O. The molecular weight excluding hydrogens is 268 g/mol. The van der Waals surface area contributed by atoms with Crippen LogP contribution in [0.5, 0.6) is 0 Å². The molecule has 0 radical (unpaired) electrons. The third kappa shape index (κ3) is 4.97. The molecule has 1 heteroatoms. The lowest BCUT2D eigenvalue weighted by Crippen LogP contribution is -2.23. The van der Waals surface area contributed by atoms with E-state index in [-0.39, 0.29) is 5.92 Å². The second-order valence-corrected chi connectivity index (χ2v) is 7.01. The molecule has 1 fully saturated rings. The Bertz CT molecular complexity index is 445. The van der Waals surface area contributed by atoms with Gasteiger partial charge in [0.05, 0.1) is 0 Å². The number of ketones is 1. The zero-order valence-corrected chi connectivity index (χ0v) is 14.4. The van der Waals surface area contributed by atoms with Crippen LogP contribution in [0.3, 0.4) is 0 Å². The van der Waals surface area contributed by atoms with Gasteiger partial charge in [0.1, 0.15) is 5.78 Å². The van der Waals surface area contributed by atoms with Gasteiger partial charge in [-0.15, -0.1) is 0 Å². The maximum Gasteiger partial charge on any atom is 0.140 e. The van der Waals surface area contributed by atoms with Crippen molar-refractivity contribution in [2.45, 2.75) is 84.0 Å². The first-order chi connectivity index (χ1) is 10.7. The normalized spacial score (nSPS) is 22.0. The predicted molar refractivity (Wildman–Crippen MR) is 94.3 cm³/mol. The van der Waals surface area contributed by atoms with Crippen LogP contribution in [-0.2, 0) is 11.2 Å². The molecule has 1 nitrogen and oxygen atoms in total. The van der Waals surface area contributed by atoms with Gasteiger partial charge in [-0.25, -0.2) is 0 Å². The molecule has 1 aliphatic carbocycles. The van der Waals surface area contributed by atoms with E-state index >= 15 is 0 Å². The van der Waals surface area contributed by atoms with Crippen LogP contribution in [0.2, 0.25) is 0 Å². The van der Waals surface area contributed by atoms with Crippen molar-refractivity contribution >= 4 is 5.78 Å². The molecule has 1 aromatic carbocycles. The van der Waals surface area contributed by atoms with Crippen molar-refractivity contribution in [1.29, 1.82) is 0 Å². The summed E-state index contributed by atoms with van der Waals surface area (Å²) < 4.78 is 0. The zero-order chi connectivity index (χ0) is 15.8. The van der Waals surface area contributed by atoms with Crippen molar-refractivity contribution in [2.24, 2.45) is 5.92 Å². The highest BCUT2D eigenvalue weighted by molar-refractivity contribution is 5.86. The Kier molecular flexibility index (Phi) is 7.15. The van der Waals surface area contributed by atoms with Crippen LogP contribution in [0.1, 0.15) is 88.7 Å². The smallest absolute Gasteiger partial charge is 0.140 e. The fourth-order valence-corrected chi connectivity index (χ4v) is 3.68. The fraction of sp³-hybridized carbons (Fsp3) is 0.667. The number of rotatable bonds is 8. The van der Waals surface area contributed by atoms with Crippen molar-refractivity contribution in [2.75, 3.05) is 0 Å². The molecule has 0 saturated heterocycles. The van der Waals surface area contributed by atoms with Crippen LogP contribution >= 0.6 is 0 Å². The average molecular weight is 300 g/mol. The third-order valence-electron chi connectivity index (χ3n) is 5.16. The van der Waals surface area contributed by atoms with Gasteiger partial charge in [0, 0.05) is 12.3 Å². The number of hydrogen-bond donors (Lipinski definition) is 0. The summed E-state index contributed by atoms with van der Waals surface area (Å²) in [5.41, 5.74) is 2.67. The van der Waals surface area contributed by atoms with E-state index in [9.17, 15) is 4.79 Å². The summed E-state index contributed by atoms with van der Waals surface area (Å²) >= 11 is 0. The minimum absolute atomic E-state index is 0.169. The van der Waals surface area contributed by atoms with E-state index < -0.39 is 0 Å². The van der Waals surface area contributed by atoms with Crippen LogP contribution < -0.4 is 0 Å². The van der Waals surface area contributed by atoms with E-state index in [1.807, 2.05) is 0 Å². The van der Waals surface area contributed by atoms with Gasteiger partial charge in [0.2, 0.25) is 0 Å². The van der Waals surface area contributed by atoms with Crippen molar-refractivity contribution < 1.29 is 4.79 Å². The quantitative estimate of drug-likeness (QED) is 0.533. The Balaban J connectivity index is 1.88. The molecule has 2 atom stereocenters. The zero-order valence-electron chi connectivity index (χ0n) is 14.4. The van der Waals surface area contributed by atoms with Crippen LogP contribution in [0, 0.1) is 5.92 Å². The monoisotopic (exact) mass is 300 g/mol. The minimum atomic E-state index is 0.169. The molecule has 0 aromatic heterocycles. The van der Waals surface area contributed by atoms with Crippen LogP contribution in [0.25, 0.3) is 0 Å². The molecule has 122 valence electrons. The van der Waals surface area contributed by atoms with Gasteiger partial charge in [-0.3, -0.25) is 4.79 Å². The number of carbonyl (C=O) groups is 1. The van der Waals surface area contributed by atoms with Crippen LogP contribution in [0.15, 0.2) is 24.3 Å². The summed E-state index contributed by atoms with van der Waals surface area (Å²) in [6.07, 6.45) is 11.9. The Morgan fingerprint density at radius 1 is 0.955 bits per heavy atom. The van der Waals surface area contributed by atoms with Crippen molar-refractivity contribution in [3.63, 3.8) is 0 Å². The Labute approximate surface area is 136 Å². The van der Waals surface area contributed by atoms with Crippen molar-refractivity contribution in [1.82, 2.24) is 0 Å². The largest absolute Gasteiger partial charge is 0.299 e. The standard InChI is InChI=1S/C21H32O/c1-3-5-7-9-17-10-13-19(14-11-17)20-15-12-18(8-6-4-2)16-21(20)22/h10-11,13-14,18,20H,3-9,12,15-16H2,1-2H3/t18-,20+/m1/s1. The van der Waals surface area contributed by atoms with Crippen molar-refractivity contribution in [3.8, 4) is 0 Å². The number of benzene rings is 1. The van der Waals surface area contributed by atoms with E-state index in [0.717, 1.165) is 12.8 Å². The SMILES string of the molecule is CCCCCc1ccc([C@@H]2CC[C@@H](CCCC)CC2=O)cc1. The number of aryl methyl sites for hydroxylation is 1. The lowest BCUT2D eigenvalue weighted by molar-refractivity contribution is -0.123. The molecule has 1 aliphatic rings. The average Bonchev–Trinajstić information content (AvgIpc) is 2.54. The molecule has 0 spiro atoms. The number of carbonyl (C=O) groups excluding carboxylic acids is 1. The molecule has 22 heavy (non-hydrogen) atoms. The summed E-state index contributed by atoms with van der Waals surface area (Å²) in [5.74, 6) is 1.30. The molecule has 1 saturated carbocycles. The summed E-state index contributed by atoms with van der Waals surface area (Å²) in [7, 11) is 0. The summed E-state index contributed by atoms with van der Waals surface area (Å²) in [5, 5.41) is 0. The number of Topliss-reactive ketones (excluding diaryl/α,β-unsaturated/α-hetero) is 1. The van der Waals surface area contributed by atoms with Gasteiger partial charge < -0.3 is 0 Å². The maximum absolute atomic E-state index is 12.5. The highest BCUT2D eigenvalue weighted by Gasteiger charge is 2.29. The fourth-order valence-electron chi connectivity index (χ4n) is 3.68. The van der Waals surface area contributed by atoms with Gasteiger partial charge in [0.15, 0.2) is 0 Å². The Morgan fingerprint density at radius 2 is 1.68 bits per heavy atom. The van der Waals surface area contributed by atoms with Gasteiger partial charge in [-0.05, 0) is 42.7 Å². The molecule has 0 aliphatic heterocycles. The van der Waals surface area contributed by atoms with E-state index in [2.05, 4.69) is 38.1 Å². The second kappa shape index (κ2) is 9.12. The van der Waals surface area contributed by atoms with E-state index in [1.165, 1.54) is 62.5 Å². The summed E-state index contributed by atoms with van der Waals surface area (Å²) in [6.45, 7) is 4.47. The minimum Gasteiger partial charge on any atom is -0.299 e. The first-order valence-corrected chi connectivity index (χ1v) is 9.36. The van der Waals surface area contributed by atoms with Crippen molar-refractivity contribution in [3.05, 3.63) is 35.4 Å².